The van der Waals surface area contributed by atoms with Crippen molar-refractivity contribution in [3.63, 3.8) is 0 Å². The highest BCUT2D eigenvalue weighted by atomic mass is 16.3. The Balaban J connectivity index is 1.17. The van der Waals surface area contributed by atoms with Crippen LogP contribution in [-0.4, -0.2) is 81.6 Å². The lowest BCUT2D eigenvalue weighted by Gasteiger charge is -2.34. The Bertz CT molecular complexity index is 1190. The lowest BCUT2D eigenvalue weighted by Crippen LogP contribution is -2.49. The fraction of sp³-hybridized carbons (Fsp3) is 0.308. The number of nitrogens with one attached hydrogen (secondary N) is 2. The van der Waals surface area contributed by atoms with Crippen LogP contribution in [0.4, 0.5) is 17.3 Å². The summed E-state index contributed by atoms with van der Waals surface area (Å²) < 4.78 is 0. The molecule has 0 radical (unpaired) electrons. The first-order chi connectivity index (χ1) is 17.2. The maximum atomic E-state index is 12.7. The largest absolute Gasteiger partial charge is 0.395 e. The molecule has 1 saturated heterocycles. The van der Waals surface area contributed by atoms with Crippen molar-refractivity contribution >= 4 is 35.4 Å². The Morgan fingerprint density at radius 1 is 1.03 bits per heavy atom. The molecule has 0 spiro atoms. The van der Waals surface area contributed by atoms with E-state index in [0.29, 0.717) is 37.0 Å². The second-order valence-electron chi connectivity index (χ2n) is 8.64. The van der Waals surface area contributed by atoms with Gasteiger partial charge in [0.05, 0.1) is 18.5 Å². The number of nitrogens with zero attached hydrogens (tertiary/aromatic N) is 5. The van der Waals surface area contributed by atoms with E-state index in [0.717, 1.165) is 31.6 Å². The van der Waals surface area contributed by atoms with E-state index in [1.54, 1.807) is 29.6 Å². The minimum absolute atomic E-state index is 0.0765. The molecule has 0 atom stereocenters. The summed E-state index contributed by atoms with van der Waals surface area (Å²) in [5.74, 6) is 0.389. The van der Waals surface area contributed by atoms with Crippen molar-refractivity contribution in [2.75, 3.05) is 56.5 Å². The van der Waals surface area contributed by atoms with Crippen LogP contribution in [0, 0.1) is 0 Å². The van der Waals surface area contributed by atoms with Gasteiger partial charge in [0.1, 0.15) is 5.69 Å². The van der Waals surface area contributed by atoms with Gasteiger partial charge in [-0.15, -0.1) is 0 Å². The molecule has 0 bridgehead atoms. The molecule has 35 heavy (non-hydrogen) atoms. The summed E-state index contributed by atoms with van der Waals surface area (Å²) in [6, 6.07) is 9.82. The van der Waals surface area contributed by atoms with E-state index in [4.69, 9.17) is 5.11 Å². The fourth-order valence-corrected chi connectivity index (χ4v) is 4.40. The van der Waals surface area contributed by atoms with Gasteiger partial charge in [0.15, 0.2) is 0 Å². The van der Waals surface area contributed by atoms with Gasteiger partial charge < -0.3 is 20.6 Å². The Hall–Kier alpha value is -3.82. The van der Waals surface area contributed by atoms with E-state index in [-0.39, 0.29) is 12.5 Å². The number of hydrogen-bond acceptors (Lipinski definition) is 8. The van der Waals surface area contributed by atoms with E-state index in [1.165, 1.54) is 16.8 Å². The number of β-amino-alcohol motifs (C(OH)–C–C–N with tert-alkyl or cyclic N) is 1. The Kier molecular flexibility index (Phi) is 6.97. The Morgan fingerprint density at radius 3 is 2.60 bits per heavy atom. The van der Waals surface area contributed by atoms with Crippen LogP contribution < -0.4 is 10.6 Å². The zero-order valence-corrected chi connectivity index (χ0v) is 19.5. The molecular weight excluding hydrogens is 442 g/mol. The lowest BCUT2D eigenvalue weighted by molar-refractivity contribution is 0.0609. The van der Waals surface area contributed by atoms with Crippen molar-refractivity contribution in [1.29, 1.82) is 0 Å². The predicted octanol–water partition coefficient (Wildman–Crippen LogP) is 2.50. The Labute approximate surface area is 204 Å². The third kappa shape index (κ3) is 5.47. The molecule has 2 aliphatic rings. The highest BCUT2D eigenvalue weighted by molar-refractivity contribution is 5.92. The van der Waals surface area contributed by atoms with Crippen LogP contribution in [0.1, 0.15) is 27.2 Å². The topological polar surface area (TPSA) is 107 Å². The van der Waals surface area contributed by atoms with Crippen LogP contribution in [0.15, 0.2) is 48.9 Å². The molecule has 4 heterocycles. The third-order valence-corrected chi connectivity index (χ3v) is 6.34. The van der Waals surface area contributed by atoms with Crippen molar-refractivity contribution in [2.45, 2.75) is 6.42 Å². The van der Waals surface area contributed by atoms with Crippen LogP contribution >= 0.6 is 0 Å². The van der Waals surface area contributed by atoms with E-state index >= 15 is 0 Å². The predicted molar refractivity (Wildman–Crippen MR) is 137 cm³/mol. The summed E-state index contributed by atoms with van der Waals surface area (Å²) in [7, 11) is 0. The van der Waals surface area contributed by atoms with Crippen LogP contribution in [0.5, 0.6) is 0 Å². The lowest BCUT2D eigenvalue weighted by atomic mass is 10.0. The molecule has 5 rings (SSSR count). The van der Waals surface area contributed by atoms with E-state index in [9.17, 15) is 4.79 Å². The van der Waals surface area contributed by atoms with Crippen molar-refractivity contribution in [2.24, 2.45) is 0 Å². The summed E-state index contributed by atoms with van der Waals surface area (Å²) in [6.07, 6.45) is 10.3. The van der Waals surface area contributed by atoms with Gasteiger partial charge in [0.25, 0.3) is 5.91 Å². The van der Waals surface area contributed by atoms with Gasteiger partial charge in [-0.05, 0) is 35.7 Å². The number of rotatable bonds is 7. The number of benzene rings is 1. The number of amides is 1. The van der Waals surface area contributed by atoms with Gasteiger partial charge in [-0.1, -0.05) is 24.3 Å². The van der Waals surface area contributed by atoms with Gasteiger partial charge in [-0.3, -0.25) is 9.69 Å². The Morgan fingerprint density at radius 2 is 1.86 bits per heavy atom. The van der Waals surface area contributed by atoms with E-state index in [2.05, 4.69) is 54.8 Å². The van der Waals surface area contributed by atoms with Crippen LogP contribution in [-0.2, 0) is 6.42 Å². The molecule has 3 N–H and O–H groups in total. The summed E-state index contributed by atoms with van der Waals surface area (Å²) in [4.78, 5) is 29.8. The van der Waals surface area contributed by atoms with Gasteiger partial charge in [-0.25, -0.2) is 15.0 Å². The molecule has 180 valence electrons. The van der Waals surface area contributed by atoms with Gasteiger partial charge in [-0.2, -0.15) is 0 Å². The van der Waals surface area contributed by atoms with Crippen LogP contribution in [0.3, 0.4) is 0 Å². The first-order valence-corrected chi connectivity index (χ1v) is 11.9. The molecule has 1 aromatic carbocycles. The molecule has 0 saturated carbocycles. The molecule has 9 nitrogen and oxygen atoms in total. The first kappa shape index (κ1) is 22.9. The molecule has 0 unspecified atom stereocenters. The second kappa shape index (κ2) is 10.6. The minimum Gasteiger partial charge on any atom is -0.395 e. The fourth-order valence-electron chi connectivity index (χ4n) is 4.40. The zero-order chi connectivity index (χ0) is 24.0. The summed E-state index contributed by atoms with van der Waals surface area (Å²) in [5, 5.41) is 15.6. The normalized spacial score (nSPS) is 15.7. The summed E-state index contributed by atoms with van der Waals surface area (Å²) in [6.45, 7) is 4.57. The maximum absolute atomic E-state index is 12.7. The standard InChI is InChI=1S/C26H29N7O2/c34-15-14-32-10-12-33(13-11-32)25(35)24-7-6-21(18-28-24)31-26-29-16-19(17-30-26)4-5-20-2-1-3-23-22(20)8-9-27-23/h1-7,16-18,27,34H,8-15H2,(H,29,30,31)/b5-4+. The third-order valence-electron chi connectivity index (χ3n) is 6.34. The number of piperazine rings is 1. The average molecular weight is 472 g/mol. The monoisotopic (exact) mass is 471 g/mol. The molecule has 1 amide bonds. The molecule has 9 heteroatoms. The molecule has 2 aliphatic heterocycles. The minimum atomic E-state index is -0.0765. The van der Waals surface area contributed by atoms with Crippen LogP contribution in [0.2, 0.25) is 0 Å². The number of anilines is 3. The highest BCUT2D eigenvalue weighted by Gasteiger charge is 2.22. The van der Waals surface area contributed by atoms with Crippen molar-refractivity contribution in [3.05, 3.63) is 71.3 Å². The summed E-state index contributed by atoms with van der Waals surface area (Å²) in [5.41, 5.74) is 5.81. The molecule has 2 aromatic heterocycles. The summed E-state index contributed by atoms with van der Waals surface area (Å²) >= 11 is 0. The number of fused-ring (bicyclic) bond motifs is 1. The molecule has 3 aromatic rings. The van der Waals surface area contributed by atoms with Crippen LogP contribution in [0.25, 0.3) is 12.2 Å². The van der Waals surface area contributed by atoms with E-state index < -0.39 is 0 Å². The second-order valence-corrected chi connectivity index (χ2v) is 8.64. The number of carbonyl (C=O) groups excluding carboxylic acids is 1. The number of hydrogen-bond donors (Lipinski definition) is 3. The van der Waals surface area contributed by atoms with Gasteiger partial charge in [0.2, 0.25) is 5.95 Å². The zero-order valence-electron chi connectivity index (χ0n) is 19.5. The van der Waals surface area contributed by atoms with Gasteiger partial charge in [0, 0.05) is 62.9 Å². The number of pyridine rings is 1. The highest BCUT2D eigenvalue weighted by Crippen LogP contribution is 2.26. The van der Waals surface area contributed by atoms with Gasteiger partial charge >= 0.3 is 0 Å². The SMILES string of the molecule is O=C(c1ccc(Nc2ncc(/C=C/c3cccc4c3CCN4)cn2)cn1)N1CCN(CCO)CC1. The van der Waals surface area contributed by atoms with Crippen molar-refractivity contribution in [1.82, 2.24) is 24.8 Å². The maximum Gasteiger partial charge on any atom is 0.272 e. The smallest absolute Gasteiger partial charge is 0.272 e. The molecular formula is C26H29N7O2. The number of carbonyl (C=O) groups is 1. The van der Waals surface area contributed by atoms with Crippen molar-refractivity contribution in [3.8, 4) is 0 Å². The van der Waals surface area contributed by atoms with Crippen molar-refractivity contribution < 1.29 is 9.90 Å². The molecule has 0 aliphatic carbocycles. The number of aliphatic hydroxyl groups excluding tert-OH is 1. The number of aromatic nitrogens is 3. The first-order valence-electron chi connectivity index (χ1n) is 11.9. The number of aliphatic hydroxyl groups is 1. The molecule has 1 fully saturated rings. The average Bonchev–Trinajstić information content (AvgIpc) is 3.39. The van der Waals surface area contributed by atoms with E-state index in [1.807, 2.05) is 12.1 Å². The quantitative estimate of drug-likeness (QED) is 0.483.